The van der Waals surface area contributed by atoms with E-state index in [-0.39, 0.29) is 10.6 Å². The maximum Gasteiger partial charge on any atom is 0.434 e. The monoisotopic (exact) mass is 295 g/mol. The lowest BCUT2D eigenvalue weighted by molar-refractivity contribution is -0.269. The van der Waals surface area contributed by atoms with Gasteiger partial charge in [0.2, 0.25) is 0 Å². The van der Waals surface area contributed by atoms with Crippen molar-refractivity contribution in [3.05, 3.63) is 35.9 Å². The molecule has 1 amide bonds. The Morgan fingerprint density at radius 2 is 1.75 bits per heavy atom. The highest BCUT2D eigenvalue weighted by atomic mass is 19.4. The molecule has 0 unspecified atom stereocenters. The minimum Gasteiger partial charge on any atom is -0.384 e. The summed E-state index contributed by atoms with van der Waals surface area (Å²) in [4.78, 5) is 15.9. The van der Waals surface area contributed by atoms with Crippen LogP contribution in [0.3, 0.4) is 0 Å². The van der Waals surface area contributed by atoms with Crippen molar-refractivity contribution in [3.8, 4) is 0 Å². The molecule has 0 fully saturated rings. The first-order valence-corrected chi connectivity index (χ1v) is 5.47. The van der Waals surface area contributed by atoms with Crippen molar-refractivity contribution in [2.75, 3.05) is 14.2 Å². The number of carbonyl (C=O) groups excluding carboxylic acids is 1. The average Bonchev–Trinajstić information content (AvgIpc) is 2.43. The lowest BCUT2D eigenvalue weighted by Crippen LogP contribution is -2.57. The third-order valence-corrected chi connectivity index (χ3v) is 2.78. The second-order valence-electron chi connectivity index (χ2n) is 4.01. The van der Waals surface area contributed by atoms with Crippen molar-refractivity contribution in [2.24, 2.45) is 0 Å². The lowest BCUT2D eigenvalue weighted by Gasteiger charge is -2.33. The summed E-state index contributed by atoms with van der Waals surface area (Å²) in [7, 11) is 1.73. The number of aliphatic hydroxyl groups is 1. The van der Waals surface area contributed by atoms with Crippen molar-refractivity contribution in [1.29, 1.82) is 0 Å². The first kappa shape index (κ1) is 16.4. The number of benzene rings is 1. The summed E-state index contributed by atoms with van der Waals surface area (Å²) < 4.78 is 53.2. The van der Waals surface area contributed by atoms with Gasteiger partial charge in [0.15, 0.2) is 0 Å². The Labute approximate surface area is 112 Å². The van der Waals surface area contributed by atoms with E-state index in [1.165, 1.54) is 18.2 Å². The number of aliphatic hydroxyl groups excluding tert-OH is 1. The van der Waals surface area contributed by atoms with E-state index < -0.39 is 23.9 Å². The van der Waals surface area contributed by atoms with Crippen LogP contribution in [0.4, 0.5) is 17.6 Å². The van der Waals surface area contributed by atoms with Crippen molar-refractivity contribution in [3.63, 3.8) is 0 Å². The molecule has 1 rings (SSSR count). The van der Waals surface area contributed by atoms with E-state index in [4.69, 9.17) is 0 Å². The van der Waals surface area contributed by atoms with E-state index in [1.807, 2.05) is 0 Å². The van der Waals surface area contributed by atoms with Gasteiger partial charge in [-0.15, -0.1) is 0 Å². The van der Waals surface area contributed by atoms with E-state index in [2.05, 4.69) is 4.84 Å². The first-order valence-electron chi connectivity index (χ1n) is 5.47. The number of alkyl halides is 4. The van der Waals surface area contributed by atoms with Crippen LogP contribution in [-0.2, 0) is 9.63 Å². The van der Waals surface area contributed by atoms with E-state index in [9.17, 15) is 27.5 Å². The molecule has 0 aromatic heterocycles. The second-order valence-corrected chi connectivity index (χ2v) is 4.01. The van der Waals surface area contributed by atoms with Crippen molar-refractivity contribution in [2.45, 2.75) is 17.9 Å². The fourth-order valence-corrected chi connectivity index (χ4v) is 1.57. The van der Waals surface area contributed by atoms with Gasteiger partial charge in [-0.3, -0.25) is 9.63 Å². The molecule has 2 atom stereocenters. The third kappa shape index (κ3) is 2.75. The van der Waals surface area contributed by atoms with Crippen LogP contribution in [0.25, 0.3) is 0 Å². The fourth-order valence-electron chi connectivity index (χ4n) is 1.57. The number of carbonyl (C=O) groups is 1. The molecule has 0 aliphatic carbocycles. The Hall–Kier alpha value is -1.67. The van der Waals surface area contributed by atoms with E-state index in [1.54, 1.807) is 0 Å². The van der Waals surface area contributed by atoms with Crippen molar-refractivity contribution >= 4 is 5.91 Å². The Balaban J connectivity index is 3.30. The van der Waals surface area contributed by atoms with E-state index in [0.29, 0.717) is 0 Å². The molecule has 112 valence electrons. The van der Waals surface area contributed by atoms with Crippen molar-refractivity contribution in [1.82, 2.24) is 5.06 Å². The number of rotatable bonds is 4. The number of hydrogen-bond donors (Lipinski definition) is 1. The largest absolute Gasteiger partial charge is 0.434 e. The van der Waals surface area contributed by atoms with Gasteiger partial charge in [-0.05, 0) is 5.56 Å². The van der Waals surface area contributed by atoms with Crippen LogP contribution in [0, 0.1) is 0 Å². The maximum atomic E-state index is 14.4. The molecule has 0 radical (unpaired) electrons. The summed E-state index contributed by atoms with van der Waals surface area (Å²) in [6, 6.07) is 6.29. The molecule has 0 aliphatic heterocycles. The quantitative estimate of drug-likeness (QED) is 0.683. The maximum absolute atomic E-state index is 14.4. The number of amides is 1. The SMILES string of the molecule is CON(C)C(=O)[C@](F)([C@H](O)c1ccccc1)C(F)(F)F. The van der Waals surface area contributed by atoms with Gasteiger partial charge in [0.1, 0.15) is 6.10 Å². The molecule has 4 nitrogen and oxygen atoms in total. The zero-order valence-corrected chi connectivity index (χ0v) is 10.7. The first-order chi connectivity index (χ1) is 9.16. The lowest BCUT2D eigenvalue weighted by atomic mass is 9.91. The molecule has 0 saturated heterocycles. The molecule has 1 aromatic rings. The zero-order valence-electron chi connectivity index (χ0n) is 10.7. The molecular formula is C12H13F4NO3. The van der Waals surface area contributed by atoms with E-state index >= 15 is 0 Å². The number of hydroxylamine groups is 2. The predicted octanol–water partition coefficient (Wildman–Crippen LogP) is 2.01. The van der Waals surface area contributed by atoms with Gasteiger partial charge in [0, 0.05) is 7.05 Å². The summed E-state index contributed by atoms with van der Waals surface area (Å²) in [6.07, 6.45) is -8.31. The summed E-state index contributed by atoms with van der Waals surface area (Å²) in [5.74, 6) is -2.04. The molecule has 0 bridgehead atoms. The standard InChI is InChI=1S/C12H13F4NO3/c1-17(20-2)10(19)11(13,12(14,15)16)9(18)8-6-4-3-5-7-8/h3-7,9,18H,1-2H3/t9-,11-/m1/s1. The highest BCUT2D eigenvalue weighted by Gasteiger charge is 2.67. The molecule has 0 spiro atoms. The highest BCUT2D eigenvalue weighted by Crippen LogP contribution is 2.44. The highest BCUT2D eigenvalue weighted by molar-refractivity contribution is 5.86. The Bertz CT molecular complexity index is 466. The molecule has 0 saturated carbocycles. The minimum atomic E-state index is -5.61. The average molecular weight is 295 g/mol. The molecule has 8 heteroatoms. The van der Waals surface area contributed by atoms with Crippen LogP contribution in [0.5, 0.6) is 0 Å². The van der Waals surface area contributed by atoms with Gasteiger partial charge < -0.3 is 5.11 Å². The summed E-state index contributed by atoms with van der Waals surface area (Å²) in [6.45, 7) is 0. The topological polar surface area (TPSA) is 49.8 Å². The van der Waals surface area contributed by atoms with Crippen LogP contribution >= 0.6 is 0 Å². The summed E-state index contributed by atoms with van der Waals surface area (Å²) in [5.41, 5.74) is -4.87. The van der Waals surface area contributed by atoms with Crippen LogP contribution in [0.1, 0.15) is 11.7 Å². The van der Waals surface area contributed by atoms with Gasteiger partial charge in [0.25, 0.3) is 5.91 Å². The number of halogens is 4. The third-order valence-electron chi connectivity index (χ3n) is 2.78. The van der Waals surface area contributed by atoms with Crippen LogP contribution in [-0.4, -0.2) is 42.1 Å². The minimum absolute atomic E-state index is 0.0830. The number of nitrogens with zero attached hydrogens (tertiary/aromatic N) is 1. The van der Waals surface area contributed by atoms with Gasteiger partial charge in [-0.1, -0.05) is 30.3 Å². The van der Waals surface area contributed by atoms with Gasteiger partial charge in [-0.25, -0.2) is 9.45 Å². The molecule has 1 N–H and O–H groups in total. The zero-order chi connectivity index (χ0) is 15.6. The Morgan fingerprint density at radius 1 is 1.25 bits per heavy atom. The molecule has 0 heterocycles. The van der Waals surface area contributed by atoms with Crippen LogP contribution < -0.4 is 0 Å². The molecule has 0 aliphatic rings. The van der Waals surface area contributed by atoms with Gasteiger partial charge in [-0.2, -0.15) is 13.2 Å². The normalized spacial score (nSPS) is 16.4. The second kappa shape index (κ2) is 5.76. The summed E-state index contributed by atoms with van der Waals surface area (Å²) in [5, 5.41) is 9.77. The van der Waals surface area contributed by atoms with Gasteiger partial charge in [0.05, 0.1) is 7.11 Å². The number of hydrogen-bond acceptors (Lipinski definition) is 3. The predicted molar refractivity (Wildman–Crippen MR) is 61.1 cm³/mol. The van der Waals surface area contributed by atoms with Crippen LogP contribution in [0.2, 0.25) is 0 Å². The molecule has 20 heavy (non-hydrogen) atoms. The van der Waals surface area contributed by atoms with Crippen molar-refractivity contribution < 1.29 is 32.3 Å². The fraction of sp³-hybridized carbons (Fsp3) is 0.417. The van der Waals surface area contributed by atoms with Gasteiger partial charge >= 0.3 is 11.8 Å². The molecule has 1 aromatic carbocycles. The Morgan fingerprint density at radius 3 is 2.15 bits per heavy atom. The molecular weight excluding hydrogens is 282 g/mol. The smallest absolute Gasteiger partial charge is 0.384 e. The Kier molecular flexibility index (Phi) is 4.72. The van der Waals surface area contributed by atoms with E-state index in [0.717, 1.165) is 26.3 Å². The summed E-state index contributed by atoms with van der Waals surface area (Å²) >= 11 is 0. The van der Waals surface area contributed by atoms with Crippen LogP contribution in [0.15, 0.2) is 30.3 Å².